The van der Waals surface area contributed by atoms with Gasteiger partial charge in [0.25, 0.3) is 11.8 Å². The molecule has 0 bridgehead atoms. The van der Waals surface area contributed by atoms with Gasteiger partial charge in [0.1, 0.15) is 23.2 Å². The van der Waals surface area contributed by atoms with E-state index in [9.17, 15) is 19.2 Å². The van der Waals surface area contributed by atoms with Crippen LogP contribution in [-0.4, -0.2) is 76.0 Å². The van der Waals surface area contributed by atoms with Crippen molar-refractivity contribution < 1.29 is 28.4 Å². The van der Waals surface area contributed by atoms with Crippen LogP contribution in [-0.2, 0) is 19.1 Å². The molecule has 1 aromatic heterocycles. The molecule has 3 aromatic rings. The molecule has 228 valence electrons. The Kier molecular flexibility index (Phi) is 8.44. The van der Waals surface area contributed by atoms with Crippen molar-refractivity contribution in [1.29, 1.82) is 0 Å². The molecule has 0 spiro atoms. The zero-order valence-electron chi connectivity index (χ0n) is 24.8. The lowest BCUT2D eigenvalue weighted by atomic mass is 10.1. The Hall–Kier alpha value is -4.19. The highest BCUT2D eigenvalue weighted by atomic mass is 32.1. The first-order chi connectivity index (χ1) is 21.3. The number of nitrogens with one attached hydrogen (secondary N) is 2. The summed E-state index contributed by atoms with van der Waals surface area (Å²) in [6.07, 6.45) is 6.38. The van der Waals surface area contributed by atoms with E-state index in [0.717, 1.165) is 41.1 Å². The predicted octanol–water partition coefficient (Wildman–Crippen LogP) is 5.44. The topological polar surface area (TPSA) is 118 Å². The minimum atomic E-state index is -0.659. The number of rotatable bonds is 6. The van der Waals surface area contributed by atoms with E-state index < -0.39 is 12.1 Å². The molecule has 0 aliphatic carbocycles. The standard InChI is InChI=1S/C33H35N5O5S/c1-21-6-4-18-38(21,22(2)39)33(42)35-26-15-11-24(12-16-26)31-36-27(20-44-31)23-9-13-25(14-10-23)34-30(40)28-7-3-17-37(28)32(41)29-8-5-19-43-29/h3,7,9-16,20-21,28-29H,4-6,8,17-19H2,1-2H3,(H-,34,35,36,40,42)/p+1/t21-,28+,29-,38?/m1/s1. The lowest BCUT2D eigenvalue weighted by Crippen LogP contribution is -2.59. The van der Waals surface area contributed by atoms with Crippen LogP contribution in [0.4, 0.5) is 16.2 Å². The lowest BCUT2D eigenvalue weighted by Gasteiger charge is -2.31. The number of aromatic nitrogens is 1. The number of quaternary nitrogens is 1. The van der Waals surface area contributed by atoms with Gasteiger partial charge in [-0.15, -0.1) is 11.3 Å². The van der Waals surface area contributed by atoms with Crippen LogP contribution in [0, 0.1) is 0 Å². The fourth-order valence-corrected chi connectivity index (χ4v) is 7.16. The fraction of sp³-hybridized carbons (Fsp3) is 0.364. The number of urea groups is 1. The third-order valence-electron chi connectivity index (χ3n) is 8.86. The molecule has 0 saturated carbocycles. The van der Waals surface area contributed by atoms with Gasteiger partial charge in [-0.1, -0.05) is 24.3 Å². The molecule has 2 fully saturated rings. The number of hydrogen-bond acceptors (Lipinski definition) is 7. The van der Waals surface area contributed by atoms with Gasteiger partial charge in [0.2, 0.25) is 0 Å². The monoisotopic (exact) mass is 614 g/mol. The minimum Gasteiger partial charge on any atom is -0.368 e. The van der Waals surface area contributed by atoms with Crippen molar-refractivity contribution in [2.75, 3.05) is 30.3 Å². The van der Waals surface area contributed by atoms with Gasteiger partial charge < -0.3 is 15.0 Å². The van der Waals surface area contributed by atoms with Crippen LogP contribution in [0.5, 0.6) is 0 Å². The number of thiazole rings is 1. The van der Waals surface area contributed by atoms with E-state index in [0.29, 0.717) is 37.5 Å². The Morgan fingerprint density at radius 1 is 0.955 bits per heavy atom. The van der Waals surface area contributed by atoms with E-state index >= 15 is 0 Å². The summed E-state index contributed by atoms with van der Waals surface area (Å²) in [6.45, 7) is 4.96. The molecule has 2 aromatic carbocycles. The maximum atomic E-state index is 13.1. The molecular formula is C33H36N5O5S+. The average molecular weight is 615 g/mol. The number of benzene rings is 2. The minimum absolute atomic E-state index is 0.0341. The van der Waals surface area contributed by atoms with Crippen molar-refractivity contribution in [1.82, 2.24) is 9.88 Å². The van der Waals surface area contributed by atoms with Crippen LogP contribution < -0.4 is 10.6 Å². The normalized spacial score (nSPS) is 24.4. The largest absolute Gasteiger partial charge is 0.428 e. The predicted molar refractivity (Wildman–Crippen MR) is 169 cm³/mol. The third kappa shape index (κ3) is 5.70. The van der Waals surface area contributed by atoms with E-state index in [1.165, 1.54) is 18.3 Å². The van der Waals surface area contributed by atoms with Crippen molar-refractivity contribution in [2.24, 2.45) is 0 Å². The number of amides is 5. The average Bonchev–Trinajstić information content (AvgIpc) is 3.84. The van der Waals surface area contributed by atoms with Crippen LogP contribution in [0.15, 0.2) is 66.1 Å². The number of nitrogens with zero attached hydrogens (tertiary/aromatic N) is 3. The molecule has 4 heterocycles. The molecule has 3 aliphatic heterocycles. The molecular weight excluding hydrogens is 578 g/mol. The maximum Gasteiger partial charge on any atom is 0.428 e. The summed E-state index contributed by atoms with van der Waals surface area (Å²) < 4.78 is 5.37. The number of hydrogen-bond donors (Lipinski definition) is 2. The summed E-state index contributed by atoms with van der Waals surface area (Å²) in [5.41, 5.74) is 3.90. The number of ether oxygens (including phenoxy) is 1. The Morgan fingerprint density at radius 3 is 2.30 bits per heavy atom. The van der Waals surface area contributed by atoms with E-state index in [2.05, 4.69) is 10.6 Å². The second-order valence-electron chi connectivity index (χ2n) is 11.6. The second kappa shape index (κ2) is 12.4. The number of carbonyl (C=O) groups is 4. The summed E-state index contributed by atoms with van der Waals surface area (Å²) in [5, 5.41) is 8.68. The zero-order valence-corrected chi connectivity index (χ0v) is 25.6. The molecule has 1 unspecified atom stereocenters. The van der Waals surface area contributed by atoms with Crippen LogP contribution in [0.2, 0.25) is 0 Å². The van der Waals surface area contributed by atoms with Crippen molar-refractivity contribution >= 4 is 46.5 Å². The highest BCUT2D eigenvalue weighted by molar-refractivity contribution is 7.13. The van der Waals surface area contributed by atoms with Gasteiger partial charge in [0.05, 0.1) is 19.2 Å². The number of imide groups is 1. The smallest absolute Gasteiger partial charge is 0.368 e. The highest BCUT2D eigenvalue weighted by Gasteiger charge is 2.50. The number of anilines is 2. The van der Waals surface area contributed by atoms with Gasteiger partial charge in [-0.2, -0.15) is 4.48 Å². The zero-order chi connectivity index (χ0) is 30.8. The molecule has 2 N–H and O–H groups in total. The Morgan fingerprint density at radius 2 is 1.66 bits per heavy atom. The first-order valence-corrected chi connectivity index (χ1v) is 15.9. The quantitative estimate of drug-likeness (QED) is 0.282. The van der Waals surface area contributed by atoms with Gasteiger partial charge in [0, 0.05) is 53.9 Å². The number of carbonyl (C=O) groups excluding carboxylic acids is 4. The van der Waals surface area contributed by atoms with Crippen LogP contribution in [0.3, 0.4) is 0 Å². The SMILES string of the molecule is CC(=O)[N+]1(C(=O)Nc2ccc(-c3nc(-c4ccc(NC(=O)[C@@H]5C=CCN5C(=O)[C@H]5CCCO5)cc4)cs3)cc2)CCC[C@H]1C. The second-order valence-corrected chi connectivity index (χ2v) is 12.4. The van der Waals surface area contributed by atoms with Crippen LogP contribution in [0.1, 0.15) is 39.5 Å². The van der Waals surface area contributed by atoms with E-state index in [4.69, 9.17) is 9.72 Å². The first-order valence-electron chi connectivity index (χ1n) is 15.0. The van der Waals surface area contributed by atoms with Gasteiger partial charge in [0.15, 0.2) is 0 Å². The summed E-state index contributed by atoms with van der Waals surface area (Å²) in [6, 6.07) is 14.0. The van der Waals surface area contributed by atoms with E-state index in [1.807, 2.05) is 66.9 Å². The van der Waals surface area contributed by atoms with Crippen LogP contribution in [0.25, 0.3) is 21.8 Å². The van der Waals surface area contributed by atoms with Crippen molar-refractivity contribution in [3.8, 4) is 21.8 Å². The Bertz CT molecular complexity index is 1600. The highest BCUT2D eigenvalue weighted by Crippen LogP contribution is 2.32. The molecule has 3 aliphatic rings. The molecule has 5 amide bonds. The summed E-state index contributed by atoms with van der Waals surface area (Å²) >= 11 is 1.51. The number of likely N-dealkylation sites (tertiary alicyclic amines) is 1. The maximum absolute atomic E-state index is 13.1. The van der Waals surface area contributed by atoms with E-state index in [1.54, 1.807) is 11.0 Å². The van der Waals surface area contributed by atoms with Gasteiger partial charge in [-0.3, -0.25) is 14.9 Å². The summed E-state index contributed by atoms with van der Waals surface area (Å²) in [7, 11) is 0. The van der Waals surface area contributed by atoms with Crippen molar-refractivity contribution in [2.45, 2.75) is 57.7 Å². The molecule has 4 atom stereocenters. The van der Waals surface area contributed by atoms with Crippen LogP contribution >= 0.6 is 11.3 Å². The Balaban J connectivity index is 1.07. The van der Waals surface area contributed by atoms with Gasteiger partial charge in [-0.05, 0) is 56.2 Å². The summed E-state index contributed by atoms with van der Waals surface area (Å²) in [4.78, 5) is 57.8. The molecule has 2 saturated heterocycles. The van der Waals surface area contributed by atoms with Crippen molar-refractivity contribution in [3.05, 3.63) is 66.1 Å². The van der Waals surface area contributed by atoms with Gasteiger partial charge in [-0.25, -0.2) is 14.6 Å². The fourth-order valence-electron chi connectivity index (χ4n) is 6.32. The molecule has 10 nitrogen and oxygen atoms in total. The van der Waals surface area contributed by atoms with Gasteiger partial charge >= 0.3 is 11.9 Å². The Labute approximate surface area is 260 Å². The summed E-state index contributed by atoms with van der Waals surface area (Å²) in [5.74, 6) is -0.531. The molecule has 44 heavy (non-hydrogen) atoms. The molecule has 11 heteroatoms. The van der Waals surface area contributed by atoms with Crippen molar-refractivity contribution in [3.63, 3.8) is 0 Å². The third-order valence-corrected chi connectivity index (χ3v) is 9.75. The molecule has 6 rings (SSSR count). The molecule has 0 radical (unpaired) electrons. The van der Waals surface area contributed by atoms with E-state index in [-0.39, 0.29) is 34.3 Å². The lowest BCUT2D eigenvalue weighted by molar-refractivity contribution is -0.781. The first kappa shape index (κ1) is 29.9.